The first kappa shape index (κ1) is 8.62. The van der Waals surface area contributed by atoms with Crippen LogP contribution in [0, 0.1) is 0 Å². The van der Waals surface area contributed by atoms with Gasteiger partial charge < -0.3 is 0 Å². The summed E-state index contributed by atoms with van der Waals surface area (Å²) in [5.74, 6) is 0. The first-order chi connectivity index (χ1) is 5.43. The highest BCUT2D eigenvalue weighted by atomic mass is 32.1. The van der Waals surface area contributed by atoms with Crippen molar-refractivity contribution in [3.05, 3.63) is 35.9 Å². The van der Waals surface area contributed by atoms with Crippen molar-refractivity contribution in [1.29, 1.82) is 0 Å². The molecule has 1 N–H and O–H groups in total. The molecule has 0 aliphatic rings. The summed E-state index contributed by atoms with van der Waals surface area (Å²) in [5, 5.41) is 0. The number of thiol groups is 1. The Hall–Kier alpha value is -0.470. The molecule has 0 saturated carbocycles. The van der Waals surface area contributed by atoms with Crippen LogP contribution >= 0.6 is 12.8 Å². The number of hydrogen-bond donors (Lipinski definition) is 2. The fourth-order valence-electron chi connectivity index (χ4n) is 1.02. The quantitative estimate of drug-likeness (QED) is 0.516. The lowest BCUT2D eigenvalue weighted by Crippen LogP contribution is -2.01. The second-order valence-corrected chi connectivity index (χ2v) is 2.81. The Balaban J connectivity index is 2.28. The van der Waals surface area contributed by atoms with Gasteiger partial charge in [0.25, 0.3) is 0 Å². The second-order valence-electron chi connectivity index (χ2n) is 2.50. The molecule has 1 nitrogen and oxygen atoms in total. The third kappa shape index (κ3) is 3.44. The smallest absolute Gasteiger partial charge is 0.00593 e. The van der Waals surface area contributed by atoms with Crippen molar-refractivity contribution in [2.45, 2.75) is 12.8 Å². The maximum Gasteiger partial charge on any atom is 0.00593 e. The van der Waals surface area contributed by atoms with Gasteiger partial charge >= 0.3 is 0 Å². The number of benzene rings is 1. The highest BCUT2D eigenvalue weighted by molar-refractivity contribution is 7.78. The normalized spacial score (nSPS) is 9.91. The summed E-state index contributed by atoms with van der Waals surface area (Å²) >= 11 is 3.92. The third-order valence-corrected chi connectivity index (χ3v) is 1.82. The molecule has 60 valence electrons. The van der Waals surface area contributed by atoms with Crippen molar-refractivity contribution in [3.8, 4) is 0 Å². The first-order valence-corrected chi connectivity index (χ1v) is 4.29. The standard InChI is InChI=1S/C9H13NS/c11-10-8-4-7-9-5-2-1-3-6-9/h1-3,5-6,10-11H,4,7-8H2. The zero-order chi connectivity index (χ0) is 7.94. The third-order valence-electron chi connectivity index (χ3n) is 1.60. The van der Waals surface area contributed by atoms with Crippen LogP contribution in [0.4, 0.5) is 0 Å². The van der Waals surface area contributed by atoms with Gasteiger partial charge in [-0.25, -0.2) is 0 Å². The average molecular weight is 167 g/mol. The molecule has 0 heterocycles. The molecule has 0 saturated heterocycles. The molecule has 0 fully saturated rings. The zero-order valence-corrected chi connectivity index (χ0v) is 7.35. The Morgan fingerprint density at radius 3 is 2.55 bits per heavy atom. The lowest BCUT2D eigenvalue weighted by Gasteiger charge is -1.98. The minimum Gasteiger partial charge on any atom is -0.267 e. The maximum atomic E-state index is 3.92. The van der Waals surface area contributed by atoms with Crippen molar-refractivity contribution >= 4 is 12.8 Å². The van der Waals surface area contributed by atoms with E-state index in [-0.39, 0.29) is 0 Å². The van der Waals surface area contributed by atoms with E-state index in [2.05, 4.69) is 41.8 Å². The Kier molecular flexibility index (Phi) is 4.09. The lowest BCUT2D eigenvalue weighted by molar-refractivity contribution is 0.801. The summed E-state index contributed by atoms with van der Waals surface area (Å²) in [6, 6.07) is 10.5. The molecule has 0 bridgehead atoms. The molecule has 0 atom stereocenters. The van der Waals surface area contributed by atoms with Crippen molar-refractivity contribution in [2.24, 2.45) is 0 Å². The molecule has 2 heteroatoms. The summed E-state index contributed by atoms with van der Waals surface area (Å²) in [6.45, 7) is 0.970. The van der Waals surface area contributed by atoms with E-state index in [1.165, 1.54) is 5.56 Å². The van der Waals surface area contributed by atoms with E-state index in [1.807, 2.05) is 6.07 Å². The highest BCUT2D eigenvalue weighted by Crippen LogP contribution is 2.01. The summed E-state index contributed by atoms with van der Waals surface area (Å²) in [6.07, 6.45) is 2.28. The van der Waals surface area contributed by atoms with Gasteiger partial charge in [0.05, 0.1) is 0 Å². The van der Waals surface area contributed by atoms with Gasteiger partial charge in [-0.2, -0.15) is 0 Å². The predicted octanol–water partition coefficient (Wildman–Crippen LogP) is 2.05. The number of rotatable bonds is 4. The van der Waals surface area contributed by atoms with Gasteiger partial charge in [-0.1, -0.05) is 43.1 Å². The number of nitrogens with one attached hydrogen (secondary N) is 1. The van der Waals surface area contributed by atoms with E-state index in [4.69, 9.17) is 0 Å². The second kappa shape index (κ2) is 5.22. The van der Waals surface area contributed by atoms with Crippen LogP contribution in [0.5, 0.6) is 0 Å². The Morgan fingerprint density at radius 2 is 1.91 bits per heavy atom. The van der Waals surface area contributed by atoms with Crippen molar-refractivity contribution < 1.29 is 0 Å². The van der Waals surface area contributed by atoms with E-state index in [0.29, 0.717) is 0 Å². The SMILES string of the molecule is SNCCCc1ccccc1. The van der Waals surface area contributed by atoms with Gasteiger partial charge in [-0.15, -0.1) is 0 Å². The number of hydrogen-bond acceptors (Lipinski definition) is 2. The van der Waals surface area contributed by atoms with Crippen LogP contribution in [0.3, 0.4) is 0 Å². The number of aryl methyl sites for hydroxylation is 1. The minimum atomic E-state index is 0.970. The zero-order valence-electron chi connectivity index (χ0n) is 6.46. The Bertz CT molecular complexity index is 186. The van der Waals surface area contributed by atoms with E-state index >= 15 is 0 Å². The Labute approximate surface area is 73.4 Å². The van der Waals surface area contributed by atoms with Crippen LogP contribution in [0.2, 0.25) is 0 Å². The van der Waals surface area contributed by atoms with Gasteiger partial charge in [0, 0.05) is 6.54 Å². The minimum absolute atomic E-state index is 0.970. The van der Waals surface area contributed by atoms with Gasteiger partial charge in [-0.3, -0.25) is 4.72 Å². The monoisotopic (exact) mass is 167 g/mol. The molecular weight excluding hydrogens is 154 g/mol. The molecule has 0 spiro atoms. The van der Waals surface area contributed by atoms with Gasteiger partial charge in [0.15, 0.2) is 0 Å². The highest BCUT2D eigenvalue weighted by Gasteiger charge is 1.89. The molecule has 0 unspecified atom stereocenters. The molecule has 0 aliphatic carbocycles. The fraction of sp³-hybridized carbons (Fsp3) is 0.333. The summed E-state index contributed by atoms with van der Waals surface area (Å²) < 4.78 is 2.83. The summed E-state index contributed by atoms with van der Waals surface area (Å²) in [4.78, 5) is 0. The van der Waals surface area contributed by atoms with Crippen molar-refractivity contribution in [3.63, 3.8) is 0 Å². The van der Waals surface area contributed by atoms with Crippen LogP contribution in [-0.4, -0.2) is 6.54 Å². The van der Waals surface area contributed by atoms with Gasteiger partial charge in [0.1, 0.15) is 0 Å². The van der Waals surface area contributed by atoms with Crippen LogP contribution in [0.1, 0.15) is 12.0 Å². The Morgan fingerprint density at radius 1 is 1.18 bits per heavy atom. The van der Waals surface area contributed by atoms with Gasteiger partial charge in [0.2, 0.25) is 0 Å². The first-order valence-electron chi connectivity index (χ1n) is 3.84. The maximum absolute atomic E-state index is 3.92. The van der Waals surface area contributed by atoms with E-state index in [0.717, 1.165) is 19.4 Å². The topological polar surface area (TPSA) is 12.0 Å². The molecule has 1 aromatic carbocycles. The van der Waals surface area contributed by atoms with Crippen LogP contribution in [-0.2, 0) is 6.42 Å². The van der Waals surface area contributed by atoms with E-state index in [1.54, 1.807) is 0 Å². The molecule has 0 aromatic heterocycles. The lowest BCUT2D eigenvalue weighted by atomic mass is 10.1. The van der Waals surface area contributed by atoms with Crippen LogP contribution in [0.25, 0.3) is 0 Å². The van der Waals surface area contributed by atoms with Crippen LogP contribution < -0.4 is 4.72 Å². The predicted molar refractivity (Wildman–Crippen MR) is 51.8 cm³/mol. The van der Waals surface area contributed by atoms with E-state index < -0.39 is 0 Å². The van der Waals surface area contributed by atoms with Gasteiger partial charge in [-0.05, 0) is 18.4 Å². The molecule has 0 amide bonds. The molecule has 0 aliphatic heterocycles. The largest absolute Gasteiger partial charge is 0.267 e. The summed E-state index contributed by atoms with van der Waals surface area (Å²) in [5.41, 5.74) is 1.40. The van der Waals surface area contributed by atoms with Crippen LogP contribution in [0.15, 0.2) is 30.3 Å². The average Bonchev–Trinajstić information content (AvgIpc) is 2.07. The fourth-order valence-corrected chi connectivity index (χ4v) is 1.17. The summed E-state index contributed by atoms with van der Waals surface area (Å²) in [7, 11) is 0. The molecule has 1 aromatic rings. The molecule has 1 rings (SSSR count). The van der Waals surface area contributed by atoms with Crippen molar-refractivity contribution in [1.82, 2.24) is 4.72 Å². The van der Waals surface area contributed by atoms with Crippen molar-refractivity contribution in [2.75, 3.05) is 6.54 Å². The van der Waals surface area contributed by atoms with E-state index in [9.17, 15) is 0 Å². The molecular formula is C9H13NS. The molecule has 0 radical (unpaired) electrons. The molecule has 11 heavy (non-hydrogen) atoms.